The third kappa shape index (κ3) is 0.758. The highest BCUT2D eigenvalue weighted by Gasteiger charge is 1.83. The second-order valence-corrected chi connectivity index (χ2v) is 3.11. The zero-order chi connectivity index (χ0) is 4.41. The molecule has 0 aliphatic carbocycles. The van der Waals surface area contributed by atoms with E-state index in [1.54, 1.807) is 0 Å². The van der Waals surface area contributed by atoms with E-state index in [-0.39, 0.29) is 9.70 Å². The summed E-state index contributed by atoms with van der Waals surface area (Å²) in [7, 11) is 5.42. The molecular weight excluding hydrogens is 118 g/mol. The first-order valence-corrected chi connectivity index (χ1v) is 3.71. The Hall–Kier alpha value is 0.0500. The average Bonchev–Trinajstić information content (AvgIpc) is 1.86. The van der Waals surface area contributed by atoms with Crippen LogP contribution < -0.4 is 5.32 Å². The van der Waals surface area contributed by atoms with Crippen LogP contribution in [-0.4, -0.2) is 5.49 Å². The van der Waals surface area contributed by atoms with E-state index in [1.807, 2.05) is 17.1 Å². The van der Waals surface area contributed by atoms with Crippen molar-refractivity contribution in [3.05, 3.63) is 11.6 Å². The molecule has 0 aromatic heterocycles. The standard InChI is InChI=1S/C3H4ClNS/c4-6-2-1-5-3-6/h1-3,5H. The molecule has 0 bridgehead atoms. The molecule has 1 aliphatic rings. The lowest BCUT2D eigenvalue weighted by Gasteiger charge is -1.73. The van der Waals surface area contributed by atoms with Gasteiger partial charge in [-0.25, -0.2) is 0 Å². The highest BCUT2D eigenvalue weighted by atomic mass is 35.7. The number of hydrogen-bond donors (Lipinski definition) is 1. The molecular formula is C3H4ClNS. The average molecular weight is 122 g/mol. The lowest BCUT2D eigenvalue weighted by Crippen LogP contribution is -1.91. The van der Waals surface area contributed by atoms with Gasteiger partial charge in [-0.1, -0.05) is 9.70 Å². The van der Waals surface area contributed by atoms with E-state index >= 15 is 0 Å². The number of rotatable bonds is 0. The molecule has 0 aromatic carbocycles. The van der Waals surface area contributed by atoms with Gasteiger partial charge in [0.05, 0.1) is 0 Å². The van der Waals surface area contributed by atoms with Crippen molar-refractivity contribution in [1.29, 1.82) is 0 Å². The van der Waals surface area contributed by atoms with Gasteiger partial charge in [0.25, 0.3) is 0 Å². The molecule has 1 nitrogen and oxygen atoms in total. The summed E-state index contributed by atoms with van der Waals surface area (Å²) < 4.78 is 0. The van der Waals surface area contributed by atoms with Gasteiger partial charge in [-0.3, -0.25) is 0 Å². The quantitative estimate of drug-likeness (QED) is 0.476. The smallest absolute Gasteiger partial charge is 0.0435 e. The topological polar surface area (TPSA) is 12.0 Å². The van der Waals surface area contributed by atoms with E-state index in [0.29, 0.717) is 0 Å². The second kappa shape index (κ2) is 1.67. The highest BCUT2D eigenvalue weighted by Crippen LogP contribution is 2.19. The van der Waals surface area contributed by atoms with E-state index in [0.717, 1.165) is 0 Å². The van der Waals surface area contributed by atoms with Crippen molar-refractivity contribution in [1.82, 2.24) is 5.32 Å². The van der Waals surface area contributed by atoms with Crippen LogP contribution in [0.1, 0.15) is 0 Å². The molecule has 1 aliphatic heterocycles. The third-order valence-corrected chi connectivity index (χ3v) is 1.81. The predicted octanol–water partition coefficient (Wildman–Crippen LogP) is 1.24. The zero-order valence-electron chi connectivity index (χ0n) is 3.02. The highest BCUT2D eigenvalue weighted by molar-refractivity contribution is 8.36. The number of hydrogen-bond acceptors (Lipinski definition) is 1. The van der Waals surface area contributed by atoms with Crippen LogP contribution in [0.3, 0.4) is 0 Å². The summed E-state index contributed by atoms with van der Waals surface area (Å²) in [6.07, 6.45) is 1.83. The number of halogens is 1. The maximum absolute atomic E-state index is 5.54. The van der Waals surface area contributed by atoms with E-state index in [2.05, 4.69) is 5.32 Å². The minimum Gasteiger partial charge on any atom is -0.361 e. The molecule has 0 saturated heterocycles. The molecule has 1 N–H and O–H groups in total. The summed E-state index contributed by atoms with van der Waals surface area (Å²) in [5.41, 5.74) is 1.83. The van der Waals surface area contributed by atoms with Crippen LogP contribution in [-0.2, 0) is 0 Å². The van der Waals surface area contributed by atoms with Gasteiger partial charge in [0.1, 0.15) is 0 Å². The van der Waals surface area contributed by atoms with Crippen LogP contribution in [0.2, 0.25) is 0 Å². The van der Waals surface area contributed by atoms with Crippen LogP contribution in [0.25, 0.3) is 0 Å². The molecule has 1 atom stereocenters. The molecule has 0 radical (unpaired) electrons. The largest absolute Gasteiger partial charge is 0.361 e. The summed E-state index contributed by atoms with van der Waals surface area (Å²) in [5, 5.41) is 4.75. The van der Waals surface area contributed by atoms with Crippen molar-refractivity contribution < 1.29 is 0 Å². The Morgan fingerprint density at radius 1 is 1.67 bits per heavy atom. The van der Waals surface area contributed by atoms with Crippen LogP contribution >= 0.6 is 20.4 Å². The first kappa shape index (κ1) is 4.22. The Labute approximate surface area is 43.4 Å². The Morgan fingerprint density at radius 2 is 2.50 bits per heavy atom. The van der Waals surface area contributed by atoms with Gasteiger partial charge in [-0.2, -0.15) is 0 Å². The predicted molar refractivity (Wildman–Crippen MR) is 31.8 cm³/mol. The Bertz CT molecular complexity index is 105. The van der Waals surface area contributed by atoms with Gasteiger partial charge in [-0.15, -0.1) is 0 Å². The minimum atomic E-state index is -0.117. The van der Waals surface area contributed by atoms with Gasteiger partial charge in [0.2, 0.25) is 0 Å². The van der Waals surface area contributed by atoms with Gasteiger partial charge in [-0.05, 0) is 16.1 Å². The van der Waals surface area contributed by atoms with Gasteiger partial charge >= 0.3 is 0 Å². The molecule has 1 heterocycles. The molecule has 1 rings (SSSR count). The van der Waals surface area contributed by atoms with Crippen LogP contribution in [0, 0.1) is 0 Å². The van der Waals surface area contributed by atoms with Crippen molar-refractivity contribution in [3.8, 4) is 0 Å². The fourth-order valence-electron chi connectivity index (χ4n) is 0.248. The molecule has 0 fully saturated rings. The first-order chi connectivity index (χ1) is 2.89. The third-order valence-electron chi connectivity index (χ3n) is 0.475. The Kier molecular flexibility index (Phi) is 1.17. The van der Waals surface area contributed by atoms with Crippen molar-refractivity contribution in [2.75, 3.05) is 0 Å². The summed E-state index contributed by atoms with van der Waals surface area (Å²) in [4.78, 5) is 0. The summed E-state index contributed by atoms with van der Waals surface area (Å²) in [6, 6.07) is 0. The molecule has 1 unspecified atom stereocenters. The van der Waals surface area contributed by atoms with Crippen LogP contribution in [0.4, 0.5) is 0 Å². The van der Waals surface area contributed by atoms with Crippen LogP contribution in [0.15, 0.2) is 11.6 Å². The number of nitrogens with one attached hydrogen (secondary N) is 1. The SMILES string of the molecule is ClS1=CNC=C1. The maximum atomic E-state index is 5.54. The monoisotopic (exact) mass is 121 g/mol. The van der Waals surface area contributed by atoms with E-state index in [1.165, 1.54) is 0 Å². The lowest BCUT2D eigenvalue weighted by molar-refractivity contribution is 1.37. The molecule has 3 heteroatoms. The van der Waals surface area contributed by atoms with Crippen molar-refractivity contribution in [2.24, 2.45) is 0 Å². The molecule has 6 heavy (non-hydrogen) atoms. The van der Waals surface area contributed by atoms with Gasteiger partial charge in [0.15, 0.2) is 0 Å². The normalized spacial score (nSPS) is 29.2. The molecule has 0 amide bonds. The maximum Gasteiger partial charge on any atom is 0.0435 e. The van der Waals surface area contributed by atoms with Crippen molar-refractivity contribution in [3.63, 3.8) is 0 Å². The summed E-state index contributed by atoms with van der Waals surface area (Å²) >= 11 is 0. The van der Waals surface area contributed by atoms with Crippen molar-refractivity contribution >= 4 is 25.9 Å². The van der Waals surface area contributed by atoms with Gasteiger partial charge < -0.3 is 5.32 Å². The summed E-state index contributed by atoms with van der Waals surface area (Å²) in [5.74, 6) is 0. The Balaban J connectivity index is 2.68. The fraction of sp³-hybridized carbons (Fsp3) is 0. The molecule has 34 valence electrons. The van der Waals surface area contributed by atoms with E-state index in [9.17, 15) is 0 Å². The van der Waals surface area contributed by atoms with Gasteiger partial charge in [0, 0.05) is 11.7 Å². The van der Waals surface area contributed by atoms with E-state index in [4.69, 9.17) is 10.7 Å². The lowest BCUT2D eigenvalue weighted by atomic mass is 11.0. The molecule has 0 saturated carbocycles. The minimum absolute atomic E-state index is 0.117. The van der Waals surface area contributed by atoms with Crippen LogP contribution in [0.5, 0.6) is 0 Å². The first-order valence-electron chi connectivity index (χ1n) is 1.54. The fourth-order valence-corrected chi connectivity index (χ4v) is 1.05. The zero-order valence-corrected chi connectivity index (χ0v) is 4.59. The van der Waals surface area contributed by atoms with Crippen molar-refractivity contribution in [2.45, 2.75) is 0 Å². The Morgan fingerprint density at radius 3 is 2.67 bits per heavy atom. The molecule has 0 aromatic rings. The summed E-state index contributed by atoms with van der Waals surface area (Å²) in [6.45, 7) is 0. The molecule has 0 spiro atoms. The second-order valence-electron chi connectivity index (χ2n) is 0.902. The van der Waals surface area contributed by atoms with E-state index < -0.39 is 0 Å².